The van der Waals surface area contributed by atoms with E-state index < -0.39 is 6.10 Å². The molecule has 0 aromatic heterocycles. The van der Waals surface area contributed by atoms with Crippen LogP contribution in [0, 0.1) is 0 Å². The average Bonchev–Trinajstić information content (AvgIpc) is 3.24. The van der Waals surface area contributed by atoms with E-state index in [2.05, 4.69) is 111 Å². The van der Waals surface area contributed by atoms with Crippen LogP contribution in [-0.2, 0) is 14.3 Å². The van der Waals surface area contributed by atoms with Crippen LogP contribution in [0.1, 0.15) is 219 Å². The number of carbonyl (C=O) groups excluding carboxylic acids is 1. The molecule has 0 amide bonds. The summed E-state index contributed by atoms with van der Waals surface area (Å²) in [6.45, 7) is 5.20. The Kier molecular flexibility index (Phi) is 49.1. The molecule has 4 heteroatoms. The van der Waals surface area contributed by atoms with Crippen molar-refractivity contribution >= 4 is 5.97 Å². The molecule has 1 N–H and O–H groups in total. The average molecular weight is 819 g/mol. The minimum absolute atomic E-state index is 0.184. The third kappa shape index (κ3) is 49.6. The highest BCUT2D eigenvalue weighted by Crippen LogP contribution is 2.13. The maximum absolute atomic E-state index is 12.3. The number of ether oxygens (including phenoxy) is 2. The molecule has 0 aliphatic carbocycles. The van der Waals surface area contributed by atoms with Crippen LogP contribution in [0.5, 0.6) is 0 Å². The van der Waals surface area contributed by atoms with E-state index in [1.807, 2.05) is 0 Å². The second-order valence-electron chi connectivity index (χ2n) is 16.2. The van der Waals surface area contributed by atoms with Crippen LogP contribution in [-0.4, -0.2) is 37.0 Å². The van der Waals surface area contributed by atoms with Crippen molar-refractivity contribution in [3.8, 4) is 0 Å². The number of aliphatic hydroxyl groups is 1. The predicted molar refractivity (Wildman–Crippen MR) is 260 cm³/mol. The predicted octanol–water partition coefficient (Wildman–Crippen LogP) is 16.9. The minimum atomic E-state index is -0.551. The summed E-state index contributed by atoms with van der Waals surface area (Å²) in [7, 11) is 0. The van der Waals surface area contributed by atoms with Gasteiger partial charge in [0.1, 0.15) is 6.10 Å². The number of hydrogen-bond acceptors (Lipinski definition) is 4. The van der Waals surface area contributed by atoms with Crippen molar-refractivity contribution in [3.05, 3.63) is 97.2 Å². The lowest BCUT2D eigenvalue weighted by molar-refractivity contribution is -0.154. The highest BCUT2D eigenvalue weighted by Gasteiger charge is 2.13. The topological polar surface area (TPSA) is 55.8 Å². The van der Waals surface area contributed by atoms with Gasteiger partial charge in [0, 0.05) is 13.0 Å². The van der Waals surface area contributed by atoms with E-state index in [0.29, 0.717) is 13.0 Å². The van der Waals surface area contributed by atoms with E-state index in [1.165, 1.54) is 122 Å². The molecule has 0 fully saturated rings. The molecule has 1 atom stereocenters. The molecule has 0 saturated carbocycles. The maximum atomic E-state index is 12.3. The Labute approximate surface area is 366 Å². The van der Waals surface area contributed by atoms with Gasteiger partial charge in [-0.05, 0) is 96.3 Å². The van der Waals surface area contributed by atoms with Gasteiger partial charge in [0.15, 0.2) is 0 Å². The smallest absolute Gasteiger partial charge is 0.306 e. The molecule has 0 saturated heterocycles. The van der Waals surface area contributed by atoms with Crippen molar-refractivity contribution in [2.45, 2.75) is 225 Å². The summed E-state index contributed by atoms with van der Waals surface area (Å²) in [5.41, 5.74) is 0. The fraction of sp³-hybridized carbons (Fsp3) is 0.691. The van der Waals surface area contributed by atoms with Crippen molar-refractivity contribution in [1.29, 1.82) is 0 Å². The molecule has 0 rings (SSSR count). The van der Waals surface area contributed by atoms with Crippen molar-refractivity contribution in [1.82, 2.24) is 0 Å². The van der Waals surface area contributed by atoms with Gasteiger partial charge in [-0.3, -0.25) is 4.79 Å². The molecule has 0 spiro atoms. The van der Waals surface area contributed by atoms with Gasteiger partial charge >= 0.3 is 5.97 Å². The SMILES string of the molecule is CC/C=C\C/C=C\C/C=C\C/C=C\C/C=C\CCCCCCCCCCCCOCC(CO)OC(=O)CCCCCCCC/C=C\C/C=C\C/C=C\CCCCCCC. The number of rotatable bonds is 45. The molecule has 0 heterocycles. The van der Waals surface area contributed by atoms with Crippen molar-refractivity contribution in [2.75, 3.05) is 19.8 Å². The molecule has 338 valence electrons. The van der Waals surface area contributed by atoms with Gasteiger partial charge in [0.2, 0.25) is 0 Å². The lowest BCUT2D eigenvalue weighted by atomic mass is 10.1. The monoisotopic (exact) mass is 819 g/mol. The second kappa shape index (κ2) is 51.5. The van der Waals surface area contributed by atoms with Crippen LogP contribution in [0.25, 0.3) is 0 Å². The standard InChI is InChI=1S/C55H94O4/c1-3-5-7-9-11-13-15-17-19-21-23-25-26-27-28-29-31-33-35-37-39-41-43-45-47-49-51-58-53-54(52-56)59-55(57)50-48-46-44-42-40-38-36-34-32-30-24-22-20-18-16-14-12-10-8-6-4-2/h5,7,11,13,16-19,22-25,27-28,32,34,54,56H,3-4,6,8-10,12,14-15,20-21,26,29-31,33,35-53H2,1-2H3/b7-5-,13-11-,18-16-,19-17-,24-22-,25-23-,28-27-,34-32-. The molecule has 0 aromatic carbocycles. The zero-order valence-electron chi connectivity index (χ0n) is 38.7. The zero-order valence-corrected chi connectivity index (χ0v) is 38.7. The second-order valence-corrected chi connectivity index (χ2v) is 16.2. The number of esters is 1. The summed E-state index contributed by atoms with van der Waals surface area (Å²) >= 11 is 0. The fourth-order valence-electron chi connectivity index (χ4n) is 6.71. The minimum Gasteiger partial charge on any atom is -0.457 e. The molecule has 1 unspecified atom stereocenters. The van der Waals surface area contributed by atoms with E-state index in [0.717, 1.165) is 77.0 Å². The first-order valence-electron chi connectivity index (χ1n) is 24.8. The molecule has 0 aliphatic rings. The first-order valence-corrected chi connectivity index (χ1v) is 24.8. The number of allylic oxidation sites excluding steroid dienone is 16. The Bertz CT molecular complexity index is 1090. The third-order valence-corrected chi connectivity index (χ3v) is 10.4. The molecule has 4 nitrogen and oxygen atoms in total. The van der Waals surface area contributed by atoms with Gasteiger partial charge in [0.25, 0.3) is 0 Å². The van der Waals surface area contributed by atoms with Crippen LogP contribution in [0.15, 0.2) is 97.2 Å². The Morgan fingerprint density at radius 3 is 1.15 bits per heavy atom. The van der Waals surface area contributed by atoms with Gasteiger partial charge < -0.3 is 14.6 Å². The number of hydrogen-bond donors (Lipinski definition) is 1. The van der Waals surface area contributed by atoms with E-state index in [-0.39, 0.29) is 19.2 Å². The molecule has 59 heavy (non-hydrogen) atoms. The molecular weight excluding hydrogens is 725 g/mol. The van der Waals surface area contributed by atoms with Gasteiger partial charge in [-0.25, -0.2) is 0 Å². The fourth-order valence-corrected chi connectivity index (χ4v) is 6.71. The first kappa shape index (κ1) is 56.3. The van der Waals surface area contributed by atoms with Crippen LogP contribution in [0.2, 0.25) is 0 Å². The van der Waals surface area contributed by atoms with Crippen LogP contribution in [0.3, 0.4) is 0 Å². The van der Waals surface area contributed by atoms with E-state index in [9.17, 15) is 9.90 Å². The lowest BCUT2D eigenvalue weighted by Gasteiger charge is -2.15. The molecule has 0 aromatic rings. The highest BCUT2D eigenvalue weighted by atomic mass is 16.6. The van der Waals surface area contributed by atoms with Crippen LogP contribution >= 0.6 is 0 Å². The Morgan fingerprint density at radius 2 is 0.763 bits per heavy atom. The summed E-state index contributed by atoms with van der Waals surface area (Å²) in [5.74, 6) is -0.217. The van der Waals surface area contributed by atoms with Crippen LogP contribution in [0.4, 0.5) is 0 Å². The highest BCUT2D eigenvalue weighted by molar-refractivity contribution is 5.69. The van der Waals surface area contributed by atoms with Crippen molar-refractivity contribution in [3.63, 3.8) is 0 Å². The first-order chi connectivity index (χ1) is 29.2. The number of unbranched alkanes of at least 4 members (excludes halogenated alkanes) is 21. The summed E-state index contributed by atoms with van der Waals surface area (Å²) in [4.78, 5) is 12.3. The molecule has 0 bridgehead atoms. The molecule has 0 aliphatic heterocycles. The van der Waals surface area contributed by atoms with E-state index in [4.69, 9.17) is 9.47 Å². The Morgan fingerprint density at radius 1 is 0.424 bits per heavy atom. The number of aliphatic hydroxyl groups excluding tert-OH is 1. The Hall–Kier alpha value is -2.69. The van der Waals surface area contributed by atoms with Gasteiger partial charge in [-0.2, -0.15) is 0 Å². The van der Waals surface area contributed by atoms with Gasteiger partial charge in [0.05, 0.1) is 13.2 Å². The summed E-state index contributed by atoms with van der Waals surface area (Å²) in [6, 6.07) is 0. The summed E-state index contributed by atoms with van der Waals surface area (Å²) in [6.07, 6.45) is 73.4. The third-order valence-electron chi connectivity index (χ3n) is 10.4. The Balaban J connectivity index is 3.49. The van der Waals surface area contributed by atoms with E-state index in [1.54, 1.807) is 0 Å². The molecular formula is C55H94O4. The van der Waals surface area contributed by atoms with Gasteiger partial charge in [-0.15, -0.1) is 0 Å². The summed E-state index contributed by atoms with van der Waals surface area (Å²) in [5, 5.41) is 9.65. The van der Waals surface area contributed by atoms with Crippen molar-refractivity contribution < 1.29 is 19.4 Å². The maximum Gasteiger partial charge on any atom is 0.306 e. The van der Waals surface area contributed by atoms with Gasteiger partial charge in [-0.1, -0.05) is 214 Å². The normalized spacial score (nSPS) is 13.2. The quantitative estimate of drug-likeness (QED) is 0.0378. The zero-order chi connectivity index (χ0) is 42.6. The van der Waals surface area contributed by atoms with Crippen LogP contribution < -0.4 is 0 Å². The largest absolute Gasteiger partial charge is 0.457 e. The lowest BCUT2D eigenvalue weighted by Crippen LogP contribution is -2.27. The number of carbonyl (C=O) groups is 1. The molecule has 0 radical (unpaired) electrons. The van der Waals surface area contributed by atoms with Crippen molar-refractivity contribution in [2.24, 2.45) is 0 Å². The van der Waals surface area contributed by atoms with E-state index >= 15 is 0 Å². The summed E-state index contributed by atoms with van der Waals surface area (Å²) < 4.78 is 11.2.